The summed E-state index contributed by atoms with van der Waals surface area (Å²) in [6, 6.07) is 16.3. The van der Waals surface area contributed by atoms with E-state index < -0.39 is 11.7 Å². The van der Waals surface area contributed by atoms with E-state index >= 15 is 0 Å². The molecule has 4 nitrogen and oxygen atoms in total. The Balaban J connectivity index is 1.95. The molecular weight excluding hydrogens is 300 g/mol. The monoisotopic (exact) mass is 312 g/mol. The topological polar surface area (TPSA) is 63.4 Å². The molecule has 2 N–H and O–H groups in total. The van der Waals surface area contributed by atoms with Crippen LogP contribution in [0.3, 0.4) is 0 Å². The molecule has 0 fully saturated rings. The van der Waals surface area contributed by atoms with Crippen LogP contribution in [0.5, 0.6) is 0 Å². The summed E-state index contributed by atoms with van der Waals surface area (Å²) < 4.78 is 0. The Bertz CT molecular complexity index is 1150. The van der Waals surface area contributed by atoms with Crippen molar-refractivity contribution in [3.8, 4) is 0 Å². The van der Waals surface area contributed by atoms with Gasteiger partial charge in [-0.2, -0.15) is 0 Å². The summed E-state index contributed by atoms with van der Waals surface area (Å²) in [6.45, 7) is 0. The molecule has 0 radical (unpaired) electrons. The highest BCUT2D eigenvalue weighted by atomic mass is 16.2. The summed E-state index contributed by atoms with van der Waals surface area (Å²) >= 11 is 0. The van der Waals surface area contributed by atoms with Gasteiger partial charge in [0.25, 0.3) is 5.78 Å². The maximum atomic E-state index is 12.0. The Morgan fingerprint density at radius 3 is 2.50 bits per heavy atom. The van der Waals surface area contributed by atoms with E-state index in [1.54, 1.807) is 6.20 Å². The lowest BCUT2D eigenvalue weighted by Gasteiger charge is -2.23. The van der Waals surface area contributed by atoms with Gasteiger partial charge >= 0.3 is 5.91 Å². The predicted octanol–water partition coefficient (Wildman–Crippen LogP) is 3.02. The fraction of sp³-hybridized carbons (Fsp3) is 0. The fourth-order valence-electron chi connectivity index (χ4n) is 3.63. The van der Waals surface area contributed by atoms with Gasteiger partial charge in [-0.1, -0.05) is 48.5 Å². The van der Waals surface area contributed by atoms with Gasteiger partial charge in [0.2, 0.25) is 0 Å². The second kappa shape index (κ2) is 4.32. The number of fused-ring (bicyclic) bond motifs is 7. The molecule has 0 aromatic heterocycles. The van der Waals surface area contributed by atoms with Crippen molar-refractivity contribution in [3.05, 3.63) is 71.6 Å². The van der Waals surface area contributed by atoms with E-state index in [2.05, 4.69) is 24.3 Å². The molecule has 0 atom stereocenters. The van der Waals surface area contributed by atoms with Gasteiger partial charge in [0, 0.05) is 11.8 Å². The number of benzene rings is 3. The van der Waals surface area contributed by atoms with Crippen molar-refractivity contribution in [2.75, 3.05) is 0 Å². The van der Waals surface area contributed by atoms with Gasteiger partial charge in [0.1, 0.15) is 5.70 Å². The third-order valence-corrected chi connectivity index (χ3v) is 4.75. The Kier molecular flexibility index (Phi) is 2.36. The van der Waals surface area contributed by atoms with E-state index in [1.807, 2.05) is 30.3 Å². The smallest absolute Gasteiger partial charge is 0.305 e. The van der Waals surface area contributed by atoms with Crippen LogP contribution in [0.4, 0.5) is 0 Å². The number of nitrogens with zero attached hydrogens (tertiary/aromatic N) is 1. The first kappa shape index (κ1) is 13.1. The molecule has 114 valence electrons. The van der Waals surface area contributed by atoms with Crippen LogP contribution in [-0.2, 0) is 9.59 Å². The number of carbonyl (C=O) groups excluding carboxylic acids is 2. The van der Waals surface area contributed by atoms with Crippen molar-refractivity contribution in [1.82, 2.24) is 4.90 Å². The number of amides is 1. The fourth-order valence-corrected chi connectivity index (χ4v) is 3.63. The van der Waals surface area contributed by atoms with Crippen LogP contribution in [0.1, 0.15) is 11.1 Å². The molecule has 0 spiro atoms. The molecule has 3 aromatic rings. The van der Waals surface area contributed by atoms with Crippen molar-refractivity contribution in [2.24, 2.45) is 5.73 Å². The first-order valence-electron chi connectivity index (χ1n) is 7.67. The summed E-state index contributed by atoms with van der Waals surface area (Å²) in [5.41, 5.74) is 8.25. The van der Waals surface area contributed by atoms with Gasteiger partial charge in [0.05, 0.1) is 5.70 Å². The first-order chi connectivity index (χ1) is 11.7. The minimum Gasteiger partial charge on any atom is -0.394 e. The zero-order valence-electron chi connectivity index (χ0n) is 12.6. The molecule has 0 bridgehead atoms. The van der Waals surface area contributed by atoms with Crippen LogP contribution < -0.4 is 5.73 Å². The van der Waals surface area contributed by atoms with Crippen molar-refractivity contribution >= 4 is 45.0 Å². The Morgan fingerprint density at radius 1 is 0.875 bits per heavy atom. The normalized spacial score (nSPS) is 16.2. The number of Topliss-reactive ketones (excluding diaryl/α,β-unsaturated/α-hetero) is 1. The van der Waals surface area contributed by atoms with Crippen LogP contribution in [-0.4, -0.2) is 16.6 Å². The highest BCUT2D eigenvalue weighted by molar-refractivity contribution is 6.48. The summed E-state index contributed by atoms with van der Waals surface area (Å²) in [4.78, 5) is 25.3. The Hall–Kier alpha value is -3.40. The predicted molar refractivity (Wildman–Crippen MR) is 93.4 cm³/mol. The Labute approximate surface area is 137 Å². The van der Waals surface area contributed by atoms with Crippen LogP contribution in [0.25, 0.3) is 33.3 Å². The van der Waals surface area contributed by atoms with Gasteiger partial charge in [-0.15, -0.1) is 0 Å². The lowest BCUT2D eigenvalue weighted by Crippen LogP contribution is -2.25. The molecule has 0 aliphatic carbocycles. The van der Waals surface area contributed by atoms with Crippen molar-refractivity contribution in [1.29, 1.82) is 0 Å². The summed E-state index contributed by atoms with van der Waals surface area (Å²) in [6.07, 6.45) is 3.52. The number of carbonyl (C=O) groups is 2. The first-order valence-corrected chi connectivity index (χ1v) is 7.67. The van der Waals surface area contributed by atoms with Crippen molar-refractivity contribution in [2.45, 2.75) is 0 Å². The summed E-state index contributed by atoms with van der Waals surface area (Å²) in [7, 11) is 0. The largest absolute Gasteiger partial charge is 0.394 e. The molecular formula is C20H12N2O2. The highest BCUT2D eigenvalue weighted by Crippen LogP contribution is 2.40. The zero-order chi connectivity index (χ0) is 16.4. The van der Waals surface area contributed by atoms with E-state index in [4.69, 9.17) is 5.73 Å². The van der Waals surface area contributed by atoms with E-state index in [-0.39, 0.29) is 5.70 Å². The molecule has 2 aliphatic heterocycles. The number of rotatable bonds is 0. The molecule has 2 heterocycles. The highest BCUT2D eigenvalue weighted by Gasteiger charge is 2.39. The molecule has 1 amide bonds. The maximum Gasteiger partial charge on any atom is 0.305 e. The van der Waals surface area contributed by atoms with Gasteiger partial charge in [-0.25, -0.2) is 0 Å². The summed E-state index contributed by atoms with van der Waals surface area (Å²) in [5.74, 6) is -1.23. The minimum atomic E-state index is -0.638. The van der Waals surface area contributed by atoms with Crippen LogP contribution >= 0.6 is 0 Å². The Morgan fingerprint density at radius 2 is 1.62 bits per heavy atom. The molecule has 0 saturated heterocycles. The third-order valence-electron chi connectivity index (χ3n) is 4.75. The van der Waals surface area contributed by atoms with Crippen molar-refractivity contribution < 1.29 is 9.59 Å². The second-order valence-corrected chi connectivity index (χ2v) is 5.99. The van der Waals surface area contributed by atoms with E-state index in [1.165, 1.54) is 4.90 Å². The minimum absolute atomic E-state index is 0.0187. The second-order valence-electron chi connectivity index (χ2n) is 5.99. The molecule has 24 heavy (non-hydrogen) atoms. The molecule has 2 aliphatic rings. The number of hydrogen-bond donors (Lipinski definition) is 1. The van der Waals surface area contributed by atoms with Gasteiger partial charge in [-0.3, -0.25) is 14.5 Å². The lowest BCUT2D eigenvalue weighted by atomic mass is 9.91. The SMILES string of the molecule is NC1=C2c3ccc4ccc5ccccc5c4c3C=CN2C(=O)C1=O. The number of hydrogen-bond acceptors (Lipinski definition) is 3. The average Bonchev–Trinajstić information content (AvgIpc) is 2.85. The van der Waals surface area contributed by atoms with E-state index in [0.29, 0.717) is 5.70 Å². The van der Waals surface area contributed by atoms with E-state index in [9.17, 15) is 9.59 Å². The molecule has 3 aromatic carbocycles. The third kappa shape index (κ3) is 1.47. The molecule has 4 heteroatoms. The lowest BCUT2D eigenvalue weighted by molar-refractivity contribution is -0.137. The van der Waals surface area contributed by atoms with Gasteiger partial charge in [0.15, 0.2) is 0 Å². The quantitative estimate of drug-likeness (QED) is 0.512. The summed E-state index contributed by atoms with van der Waals surface area (Å²) in [5, 5.41) is 4.50. The van der Waals surface area contributed by atoms with Gasteiger partial charge < -0.3 is 5.73 Å². The molecule has 0 unspecified atom stereocenters. The van der Waals surface area contributed by atoms with Crippen LogP contribution in [0.2, 0.25) is 0 Å². The molecule has 5 rings (SSSR count). The number of nitrogens with two attached hydrogens (primary N) is 1. The van der Waals surface area contributed by atoms with Crippen LogP contribution in [0.15, 0.2) is 60.4 Å². The maximum absolute atomic E-state index is 12.0. The standard InChI is InChI=1S/C20H12N2O2/c21-17-18-15-8-7-12-6-5-11-3-1-2-4-13(11)16(12)14(15)9-10-22(18)20(24)19(17)23/h1-10H,21H2. The molecule has 0 saturated carbocycles. The van der Waals surface area contributed by atoms with Gasteiger partial charge in [-0.05, 0) is 33.2 Å². The average molecular weight is 312 g/mol. The van der Waals surface area contributed by atoms with Crippen LogP contribution in [0, 0.1) is 0 Å². The zero-order valence-corrected chi connectivity index (χ0v) is 12.6. The van der Waals surface area contributed by atoms with Crippen molar-refractivity contribution in [3.63, 3.8) is 0 Å². The van der Waals surface area contributed by atoms with E-state index in [0.717, 1.165) is 32.7 Å². The number of ketones is 1.